The number of carbonyl (C=O) groups is 1. The molecule has 0 spiro atoms. The number of hydrogen-bond acceptors (Lipinski definition) is 6. The smallest absolute Gasteiger partial charge is 0.315 e. The minimum Gasteiger partial charge on any atom is -0.407 e. The Morgan fingerprint density at radius 3 is 2.84 bits per heavy atom. The normalized spacial score (nSPS) is 10.9. The zero-order valence-corrected chi connectivity index (χ0v) is 11.6. The monoisotopic (exact) mass is 269 g/mol. The van der Waals surface area contributed by atoms with Crippen molar-refractivity contribution in [1.82, 2.24) is 15.5 Å². The van der Waals surface area contributed by atoms with Gasteiger partial charge in [0.2, 0.25) is 11.8 Å². The molecule has 0 saturated heterocycles. The van der Waals surface area contributed by atoms with Crippen molar-refractivity contribution in [2.45, 2.75) is 39.7 Å². The summed E-state index contributed by atoms with van der Waals surface area (Å²) >= 11 is 0. The number of unbranched alkanes of at least 4 members (excludes halogenated alkanes) is 1. The van der Waals surface area contributed by atoms with E-state index in [1.54, 1.807) is 0 Å². The Kier molecular flexibility index (Phi) is 6.88. The molecule has 0 radical (unpaired) electrons. The maximum Gasteiger partial charge on any atom is 0.315 e. The number of rotatable bonds is 10. The van der Waals surface area contributed by atoms with Gasteiger partial charge in [-0.25, -0.2) is 0 Å². The average Bonchev–Trinajstić information content (AvgIpc) is 2.76. The van der Waals surface area contributed by atoms with Crippen molar-refractivity contribution in [2.24, 2.45) is 11.7 Å². The van der Waals surface area contributed by atoms with E-state index in [1.165, 1.54) is 0 Å². The molecule has 4 N–H and O–H groups in total. The van der Waals surface area contributed by atoms with Crippen LogP contribution in [-0.2, 0) is 11.3 Å². The molecule has 0 aliphatic rings. The summed E-state index contributed by atoms with van der Waals surface area (Å²) in [5.74, 6) is 0.891. The summed E-state index contributed by atoms with van der Waals surface area (Å²) < 4.78 is 5.41. The molecule has 108 valence electrons. The van der Waals surface area contributed by atoms with Crippen LogP contribution in [0, 0.1) is 5.92 Å². The summed E-state index contributed by atoms with van der Waals surface area (Å²) in [5.41, 5.74) is 5.05. The number of nitrogens with zero attached hydrogens (tertiary/aromatic N) is 2. The van der Waals surface area contributed by atoms with Crippen molar-refractivity contribution < 1.29 is 9.21 Å². The summed E-state index contributed by atoms with van der Waals surface area (Å²) in [5, 5.41) is 14.1. The molecule has 19 heavy (non-hydrogen) atoms. The third-order valence-corrected chi connectivity index (χ3v) is 2.42. The van der Waals surface area contributed by atoms with Crippen LogP contribution in [-0.4, -0.2) is 29.2 Å². The van der Waals surface area contributed by atoms with Gasteiger partial charge >= 0.3 is 6.01 Å². The first kappa shape index (κ1) is 15.4. The predicted octanol–water partition coefficient (Wildman–Crippen LogP) is 0.883. The molecular formula is C12H23N5O2. The van der Waals surface area contributed by atoms with Crippen LogP contribution in [0.5, 0.6) is 0 Å². The summed E-state index contributed by atoms with van der Waals surface area (Å²) in [7, 11) is 0. The fraction of sp³-hybridized carbons (Fsp3) is 0.750. The Balaban J connectivity index is 2.14. The lowest BCUT2D eigenvalue weighted by Crippen LogP contribution is -2.19. The molecule has 0 fully saturated rings. The molecule has 1 aromatic heterocycles. The molecule has 0 aliphatic heterocycles. The molecule has 0 aromatic carbocycles. The maximum absolute atomic E-state index is 10.5. The van der Waals surface area contributed by atoms with Crippen LogP contribution in [0.15, 0.2) is 4.42 Å². The Morgan fingerprint density at radius 1 is 1.37 bits per heavy atom. The molecule has 0 bridgehead atoms. The molecule has 1 heterocycles. The highest BCUT2D eigenvalue weighted by Crippen LogP contribution is 2.06. The van der Waals surface area contributed by atoms with Gasteiger partial charge in [-0.05, 0) is 25.3 Å². The zero-order chi connectivity index (χ0) is 14.1. The third kappa shape index (κ3) is 7.40. The topological polar surface area (TPSA) is 106 Å². The first-order valence-electron chi connectivity index (χ1n) is 6.63. The van der Waals surface area contributed by atoms with Crippen LogP contribution < -0.4 is 16.4 Å². The average molecular weight is 269 g/mol. The van der Waals surface area contributed by atoms with E-state index in [0.29, 0.717) is 37.3 Å². The highest BCUT2D eigenvalue weighted by molar-refractivity contribution is 5.73. The zero-order valence-electron chi connectivity index (χ0n) is 11.6. The molecule has 0 saturated carbocycles. The SMILES string of the molecule is CC(C)CNCc1nnc(NCCCCC(N)=O)o1. The van der Waals surface area contributed by atoms with Crippen molar-refractivity contribution in [1.29, 1.82) is 0 Å². The maximum atomic E-state index is 10.5. The van der Waals surface area contributed by atoms with Gasteiger partial charge in [0.25, 0.3) is 0 Å². The number of amides is 1. The molecule has 0 atom stereocenters. The Morgan fingerprint density at radius 2 is 2.16 bits per heavy atom. The van der Waals surface area contributed by atoms with Crippen molar-refractivity contribution in [3.8, 4) is 0 Å². The molecule has 0 aliphatic carbocycles. The third-order valence-electron chi connectivity index (χ3n) is 2.42. The largest absolute Gasteiger partial charge is 0.407 e. The molecular weight excluding hydrogens is 246 g/mol. The second kappa shape index (κ2) is 8.47. The van der Waals surface area contributed by atoms with Gasteiger partial charge in [0, 0.05) is 13.0 Å². The highest BCUT2D eigenvalue weighted by atomic mass is 16.4. The fourth-order valence-corrected chi connectivity index (χ4v) is 1.48. The molecule has 1 aromatic rings. The summed E-state index contributed by atoms with van der Waals surface area (Å²) in [4.78, 5) is 10.5. The second-order valence-electron chi connectivity index (χ2n) is 4.88. The second-order valence-corrected chi connectivity index (χ2v) is 4.88. The first-order valence-corrected chi connectivity index (χ1v) is 6.63. The Hall–Kier alpha value is -1.63. The molecule has 7 heteroatoms. The highest BCUT2D eigenvalue weighted by Gasteiger charge is 2.05. The van der Waals surface area contributed by atoms with Crippen molar-refractivity contribution in [3.05, 3.63) is 5.89 Å². The number of hydrogen-bond donors (Lipinski definition) is 3. The van der Waals surface area contributed by atoms with Gasteiger partial charge in [-0.15, -0.1) is 5.10 Å². The van der Waals surface area contributed by atoms with E-state index in [1.807, 2.05) is 0 Å². The number of primary amides is 1. The molecule has 7 nitrogen and oxygen atoms in total. The van der Waals surface area contributed by atoms with E-state index in [-0.39, 0.29) is 5.91 Å². The summed E-state index contributed by atoms with van der Waals surface area (Å²) in [6.45, 7) is 6.46. The van der Waals surface area contributed by atoms with Gasteiger partial charge in [0.05, 0.1) is 6.54 Å². The van der Waals surface area contributed by atoms with E-state index in [9.17, 15) is 4.79 Å². The molecule has 1 rings (SSSR count). The van der Waals surface area contributed by atoms with Crippen LogP contribution >= 0.6 is 0 Å². The van der Waals surface area contributed by atoms with E-state index < -0.39 is 0 Å². The molecule has 0 unspecified atom stereocenters. The van der Waals surface area contributed by atoms with E-state index in [0.717, 1.165) is 19.4 Å². The van der Waals surface area contributed by atoms with Gasteiger partial charge in [0.15, 0.2) is 0 Å². The van der Waals surface area contributed by atoms with Crippen LogP contribution in [0.3, 0.4) is 0 Å². The number of carbonyl (C=O) groups excluding carboxylic acids is 1. The molecule has 1 amide bonds. The summed E-state index contributed by atoms with van der Waals surface area (Å²) in [6, 6.07) is 0.417. The minimum absolute atomic E-state index is 0.267. The van der Waals surface area contributed by atoms with Gasteiger partial charge in [-0.3, -0.25) is 4.79 Å². The Bertz CT molecular complexity index is 378. The van der Waals surface area contributed by atoms with Gasteiger partial charge in [-0.1, -0.05) is 18.9 Å². The van der Waals surface area contributed by atoms with Gasteiger partial charge in [-0.2, -0.15) is 0 Å². The lowest BCUT2D eigenvalue weighted by Gasteiger charge is -2.03. The van der Waals surface area contributed by atoms with Crippen LogP contribution in [0.4, 0.5) is 6.01 Å². The van der Waals surface area contributed by atoms with Gasteiger partial charge < -0.3 is 20.8 Å². The lowest BCUT2D eigenvalue weighted by atomic mass is 10.2. The standard InChI is InChI=1S/C12H23N5O2/c1-9(2)7-14-8-11-16-17-12(19-11)15-6-4-3-5-10(13)18/h9,14H,3-8H2,1-2H3,(H2,13,18)(H,15,17). The number of anilines is 1. The van der Waals surface area contributed by atoms with Gasteiger partial charge in [0.1, 0.15) is 0 Å². The van der Waals surface area contributed by atoms with E-state index in [4.69, 9.17) is 10.2 Å². The van der Waals surface area contributed by atoms with Crippen LogP contribution in [0.2, 0.25) is 0 Å². The quantitative estimate of drug-likeness (QED) is 0.544. The summed E-state index contributed by atoms with van der Waals surface area (Å²) in [6.07, 6.45) is 2.02. The van der Waals surface area contributed by atoms with E-state index >= 15 is 0 Å². The number of nitrogens with two attached hydrogens (primary N) is 1. The number of aromatic nitrogens is 2. The minimum atomic E-state index is -0.267. The Labute approximate surface area is 113 Å². The van der Waals surface area contributed by atoms with Crippen LogP contribution in [0.25, 0.3) is 0 Å². The number of nitrogens with one attached hydrogen (secondary N) is 2. The van der Waals surface area contributed by atoms with Crippen molar-refractivity contribution >= 4 is 11.9 Å². The van der Waals surface area contributed by atoms with E-state index in [2.05, 4.69) is 34.7 Å². The lowest BCUT2D eigenvalue weighted by molar-refractivity contribution is -0.118. The van der Waals surface area contributed by atoms with Crippen LogP contribution in [0.1, 0.15) is 39.0 Å². The first-order chi connectivity index (χ1) is 9.08. The fourth-order valence-electron chi connectivity index (χ4n) is 1.48. The van der Waals surface area contributed by atoms with Crippen molar-refractivity contribution in [3.63, 3.8) is 0 Å². The predicted molar refractivity (Wildman–Crippen MR) is 72.4 cm³/mol. The van der Waals surface area contributed by atoms with Crippen molar-refractivity contribution in [2.75, 3.05) is 18.4 Å².